The monoisotopic (exact) mass is 260 g/mol. The van der Waals surface area contributed by atoms with Gasteiger partial charge in [0.25, 0.3) is 0 Å². The van der Waals surface area contributed by atoms with Crippen molar-refractivity contribution in [2.45, 2.75) is 45.5 Å². The lowest BCUT2D eigenvalue weighted by Crippen LogP contribution is -2.24. The Bertz CT molecular complexity index is 417. The maximum atomic E-state index is 10.2. The van der Waals surface area contributed by atoms with Crippen molar-refractivity contribution in [2.24, 2.45) is 23.7 Å². The van der Waals surface area contributed by atoms with Gasteiger partial charge in [-0.05, 0) is 42.1 Å². The summed E-state index contributed by atoms with van der Waals surface area (Å²) in [6.07, 6.45) is 2.45. The number of benzene rings is 1. The summed E-state index contributed by atoms with van der Waals surface area (Å²) in [4.78, 5) is 0. The minimum atomic E-state index is -0.113. The van der Waals surface area contributed by atoms with Crippen LogP contribution in [0.25, 0.3) is 0 Å². The third-order valence-electron chi connectivity index (χ3n) is 5.13. The quantitative estimate of drug-likeness (QED) is 0.904. The number of aliphatic hydroxyl groups excluding tert-OH is 1. The maximum Gasteiger partial charge on any atom is 0.0720 e. The third-order valence-corrected chi connectivity index (χ3v) is 5.13. The summed E-state index contributed by atoms with van der Waals surface area (Å²) in [5, 5.41) is 10.2. The number of rotatable bonds is 3. The molecule has 104 valence electrons. The molecule has 2 saturated carbocycles. The molecule has 0 radical (unpaired) electrons. The van der Waals surface area contributed by atoms with Crippen molar-refractivity contribution in [3.63, 3.8) is 0 Å². The molecule has 0 aromatic heterocycles. The van der Waals surface area contributed by atoms with E-state index >= 15 is 0 Å². The molecule has 0 amide bonds. The number of ether oxygens (including phenoxy) is 1. The Morgan fingerprint density at radius 2 is 1.74 bits per heavy atom. The molecule has 2 nitrogen and oxygen atoms in total. The van der Waals surface area contributed by atoms with Gasteiger partial charge in [0.05, 0.1) is 18.8 Å². The largest absolute Gasteiger partial charge is 0.393 e. The Morgan fingerprint density at radius 1 is 1.05 bits per heavy atom. The van der Waals surface area contributed by atoms with Gasteiger partial charge in [-0.15, -0.1) is 0 Å². The van der Waals surface area contributed by atoms with Crippen LogP contribution >= 0.6 is 0 Å². The Hall–Kier alpha value is -0.860. The van der Waals surface area contributed by atoms with E-state index in [-0.39, 0.29) is 6.10 Å². The van der Waals surface area contributed by atoms with Crippen LogP contribution in [0.4, 0.5) is 0 Å². The first-order chi connectivity index (χ1) is 9.16. The minimum Gasteiger partial charge on any atom is -0.393 e. The van der Waals surface area contributed by atoms with E-state index in [1.165, 1.54) is 5.56 Å². The van der Waals surface area contributed by atoms with Crippen molar-refractivity contribution in [1.82, 2.24) is 0 Å². The Balaban J connectivity index is 1.64. The molecule has 0 saturated heterocycles. The maximum absolute atomic E-state index is 10.2. The molecular weight excluding hydrogens is 236 g/mol. The summed E-state index contributed by atoms with van der Waals surface area (Å²) in [7, 11) is 0. The van der Waals surface area contributed by atoms with Crippen LogP contribution < -0.4 is 0 Å². The van der Waals surface area contributed by atoms with Gasteiger partial charge in [0.15, 0.2) is 0 Å². The predicted octanol–water partition coefficient (Wildman–Crippen LogP) is 3.24. The summed E-state index contributed by atoms with van der Waals surface area (Å²) in [6.45, 7) is 5.14. The molecule has 1 N–H and O–H groups in total. The van der Waals surface area contributed by atoms with Crippen molar-refractivity contribution in [2.75, 3.05) is 0 Å². The fourth-order valence-electron chi connectivity index (χ4n) is 4.15. The number of aliphatic hydroxyl groups is 1. The smallest absolute Gasteiger partial charge is 0.0720 e. The van der Waals surface area contributed by atoms with Gasteiger partial charge in [-0.3, -0.25) is 0 Å². The molecule has 0 heterocycles. The second-order valence-corrected chi connectivity index (χ2v) is 6.51. The lowest BCUT2D eigenvalue weighted by atomic mass is 9.97. The molecule has 19 heavy (non-hydrogen) atoms. The van der Waals surface area contributed by atoms with Gasteiger partial charge in [0, 0.05) is 0 Å². The highest BCUT2D eigenvalue weighted by Gasteiger charge is 2.51. The Kier molecular flexibility index (Phi) is 3.64. The number of hydrogen-bond acceptors (Lipinski definition) is 2. The Morgan fingerprint density at radius 3 is 2.47 bits per heavy atom. The van der Waals surface area contributed by atoms with Crippen LogP contribution in [0.1, 0.15) is 32.3 Å². The van der Waals surface area contributed by atoms with Crippen LogP contribution in [0.15, 0.2) is 30.3 Å². The van der Waals surface area contributed by atoms with E-state index in [0.717, 1.165) is 12.8 Å². The van der Waals surface area contributed by atoms with Gasteiger partial charge in [-0.25, -0.2) is 0 Å². The lowest BCUT2D eigenvalue weighted by Gasteiger charge is -2.23. The highest BCUT2D eigenvalue weighted by Crippen LogP contribution is 2.50. The molecule has 2 aliphatic rings. The summed E-state index contributed by atoms with van der Waals surface area (Å²) in [6, 6.07) is 10.4. The highest BCUT2D eigenvalue weighted by molar-refractivity contribution is 5.13. The third kappa shape index (κ3) is 2.44. The van der Waals surface area contributed by atoms with Gasteiger partial charge in [0.1, 0.15) is 0 Å². The van der Waals surface area contributed by atoms with Crippen molar-refractivity contribution in [3.8, 4) is 0 Å². The molecular formula is C17H24O2. The van der Waals surface area contributed by atoms with Crippen LogP contribution in [0.5, 0.6) is 0 Å². The second-order valence-electron chi connectivity index (χ2n) is 6.51. The molecule has 2 heteroatoms. The van der Waals surface area contributed by atoms with E-state index in [1.54, 1.807) is 0 Å². The molecule has 6 unspecified atom stereocenters. The molecule has 0 spiro atoms. The average Bonchev–Trinajstić information content (AvgIpc) is 2.86. The zero-order chi connectivity index (χ0) is 13.4. The van der Waals surface area contributed by atoms with Crippen LogP contribution in [0.3, 0.4) is 0 Å². The average molecular weight is 260 g/mol. The standard InChI is InChI=1S/C17H24O2/c1-11-8-15-14(16(11)18)9-12(2)17(15)19-10-13-6-4-3-5-7-13/h3-7,11-12,14-18H,8-10H2,1-2H3. The highest BCUT2D eigenvalue weighted by atomic mass is 16.5. The predicted molar refractivity (Wildman–Crippen MR) is 75.6 cm³/mol. The molecule has 3 rings (SSSR count). The Labute approximate surface area is 115 Å². The number of fused-ring (bicyclic) bond motifs is 1. The van der Waals surface area contributed by atoms with E-state index in [4.69, 9.17) is 4.74 Å². The minimum absolute atomic E-state index is 0.113. The van der Waals surface area contributed by atoms with Gasteiger partial charge >= 0.3 is 0 Å². The van der Waals surface area contributed by atoms with Crippen LogP contribution in [-0.4, -0.2) is 17.3 Å². The molecule has 0 bridgehead atoms. The van der Waals surface area contributed by atoms with E-state index in [1.807, 2.05) is 6.07 Å². The summed E-state index contributed by atoms with van der Waals surface area (Å²) < 4.78 is 6.20. The molecule has 2 fully saturated rings. The molecule has 2 aliphatic carbocycles. The van der Waals surface area contributed by atoms with E-state index in [9.17, 15) is 5.11 Å². The summed E-state index contributed by atoms with van der Waals surface area (Å²) in [5.74, 6) is 2.03. The van der Waals surface area contributed by atoms with Gasteiger partial charge in [0.2, 0.25) is 0 Å². The molecule has 1 aromatic carbocycles. The fourth-order valence-corrected chi connectivity index (χ4v) is 4.15. The molecule has 6 atom stereocenters. The van der Waals surface area contributed by atoms with Gasteiger partial charge < -0.3 is 9.84 Å². The SMILES string of the molecule is CC1CC2C(CC(C)C2OCc2ccccc2)C1O. The van der Waals surface area contributed by atoms with Crippen LogP contribution in [0, 0.1) is 23.7 Å². The first-order valence-corrected chi connectivity index (χ1v) is 7.50. The van der Waals surface area contributed by atoms with Crippen molar-refractivity contribution >= 4 is 0 Å². The van der Waals surface area contributed by atoms with Crippen LogP contribution in [0.2, 0.25) is 0 Å². The zero-order valence-corrected chi connectivity index (χ0v) is 11.8. The van der Waals surface area contributed by atoms with E-state index in [0.29, 0.717) is 36.4 Å². The molecule has 1 aromatic rings. The van der Waals surface area contributed by atoms with Gasteiger partial charge in [-0.2, -0.15) is 0 Å². The van der Waals surface area contributed by atoms with Crippen molar-refractivity contribution in [3.05, 3.63) is 35.9 Å². The van der Waals surface area contributed by atoms with Gasteiger partial charge in [-0.1, -0.05) is 44.2 Å². The van der Waals surface area contributed by atoms with Crippen molar-refractivity contribution in [1.29, 1.82) is 0 Å². The number of hydrogen-bond donors (Lipinski definition) is 1. The second kappa shape index (κ2) is 5.26. The van der Waals surface area contributed by atoms with Crippen LogP contribution in [-0.2, 0) is 11.3 Å². The fraction of sp³-hybridized carbons (Fsp3) is 0.647. The summed E-state index contributed by atoms with van der Waals surface area (Å²) >= 11 is 0. The first-order valence-electron chi connectivity index (χ1n) is 7.50. The first kappa shape index (κ1) is 13.1. The van der Waals surface area contributed by atoms with E-state index < -0.39 is 0 Å². The van der Waals surface area contributed by atoms with Crippen molar-refractivity contribution < 1.29 is 9.84 Å². The zero-order valence-electron chi connectivity index (χ0n) is 11.8. The lowest BCUT2D eigenvalue weighted by molar-refractivity contribution is -0.0110. The topological polar surface area (TPSA) is 29.5 Å². The molecule has 0 aliphatic heterocycles. The summed E-state index contributed by atoms with van der Waals surface area (Å²) in [5.41, 5.74) is 1.24. The van der Waals surface area contributed by atoms with E-state index in [2.05, 4.69) is 38.1 Å². The normalized spacial score (nSPS) is 41.4.